The summed E-state index contributed by atoms with van der Waals surface area (Å²) in [5, 5.41) is 19.7. The summed E-state index contributed by atoms with van der Waals surface area (Å²) in [6.07, 6.45) is 7.61. The molecular weight excluding hydrogens is 964 g/mol. The first-order valence-corrected chi connectivity index (χ1v) is 22.1. The minimum Gasteiger partial charge on any atom is -0.657 e. The fraction of sp³-hybridized carbons (Fsp3) is 0.542. The zero-order chi connectivity index (χ0) is 44.8. The van der Waals surface area contributed by atoms with Crippen LogP contribution in [-0.2, 0) is 41.3 Å². The maximum Gasteiger partial charge on any atom is 0.163 e. The fourth-order valence-corrected chi connectivity index (χ4v) is 7.33. The number of ether oxygens (including phenoxy) is 8. The molecule has 0 fully saturated rings. The molecule has 15 nitrogen and oxygen atoms in total. The van der Waals surface area contributed by atoms with Gasteiger partial charge in [0.1, 0.15) is 13.2 Å². The van der Waals surface area contributed by atoms with Crippen molar-refractivity contribution in [2.75, 3.05) is 107 Å². The van der Waals surface area contributed by atoms with Gasteiger partial charge in [-0.05, 0) is 74.7 Å². The topological polar surface area (TPSA) is 180 Å². The number of hydrogen-bond acceptors (Lipinski definition) is 14. The summed E-state index contributed by atoms with van der Waals surface area (Å²) in [6.45, 7) is 13.4. The second-order valence-corrected chi connectivity index (χ2v) is 14.9. The van der Waals surface area contributed by atoms with Crippen LogP contribution >= 0.6 is 0 Å². The minimum absolute atomic E-state index is 0. The zero-order valence-electron chi connectivity index (χ0n) is 38.4. The van der Waals surface area contributed by atoms with Gasteiger partial charge in [-0.15, -0.1) is 11.0 Å². The third-order valence-electron chi connectivity index (χ3n) is 10.7. The molecule has 0 atom stereocenters. The van der Waals surface area contributed by atoms with Gasteiger partial charge in [0, 0.05) is 79.5 Å². The molecular formula is C48H66GdN5O10-. The van der Waals surface area contributed by atoms with Crippen molar-refractivity contribution in [2.45, 2.75) is 66.2 Å². The van der Waals surface area contributed by atoms with E-state index >= 15 is 0 Å². The van der Waals surface area contributed by atoms with Gasteiger partial charge < -0.3 is 53.1 Å². The summed E-state index contributed by atoms with van der Waals surface area (Å²) in [5.74, 6) is 0.921. The number of aliphatic hydroxyl groups is 2. The quantitative estimate of drug-likeness (QED) is 0.0741. The van der Waals surface area contributed by atoms with Gasteiger partial charge in [0.15, 0.2) is 11.5 Å². The Balaban J connectivity index is 0.00000898. The van der Waals surface area contributed by atoms with Crippen LogP contribution in [0.4, 0.5) is 0 Å². The van der Waals surface area contributed by atoms with E-state index in [9.17, 15) is 10.2 Å². The minimum atomic E-state index is 0. The zero-order valence-corrected chi connectivity index (χ0v) is 40.6. The molecule has 2 aromatic heterocycles. The number of nitrogens with zero attached hydrogens (tertiary/aromatic N) is 5. The Bertz CT molecular complexity index is 2050. The van der Waals surface area contributed by atoms with Crippen molar-refractivity contribution in [3.63, 3.8) is 0 Å². The van der Waals surface area contributed by atoms with Crippen molar-refractivity contribution >= 4 is 44.4 Å². The van der Waals surface area contributed by atoms with E-state index in [4.69, 9.17) is 62.8 Å². The molecule has 0 aliphatic carbocycles. The molecule has 5 rings (SSSR count). The van der Waals surface area contributed by atoms with Crippen LogP contribution in [0.2, 0.25) is 0 Å². The van der Waals surface area contributed by atoms with E-state index < -0.39 is 0 Å². The maximum atomic E-state index is 9.85. The summed E-state index contributed by atoms with van der Waals surface area (Å²) < 4.78 is 45.3. The molecule has 4 heterocycles. The average molecular weight is 1030 g/mol. The van der Waals surface area contributed by atoms with Gasteiger partial charge >= 0.3 is 0 Å². The van der Waals surface area contributed by atoms with E-state index in [1.54, 1.807) is 26.6 Å². The first-order valence-electron chi connectivity index (χ1n) is 22.1. The Labute approximate surface area is 409 Å². The van der Waals surface area contributed by atoms with Crippen molar-refractivity contribution in [1.29, 1.82) is 0 Å². The number of rotatable bonds is 28. The third-order valence-corrected chi connectivity index (χ3v) is 10.7. The van der Waals surface area contributed by atoms with Crippen LogP contribution in [0.5, 0.6) is 11.5 Å². The van der Waals surface area contributed by atoms with E-state index in [2.05, 4.69) is 26.0 Å². The van der Waals surface area contributed by atoms with E-state index in [-0.39, 0.29) is 66.4 Å². The number of allylic oxidation sites excluding steroid dienone is 4. The second-order valence-electron chi connectivity index (χ2n) is 14.9. The molecule has 1 aromatic carbocycles. The average Bonchev–Trinajstić information content (AvgIpc) is 3.89. The predicted molar refractivity (Wildman–Crippen MR) is 244 cm³/mol. The van der Waals surface area contributed by atoms with Gasteiger partial charge in [0.25, 0.3) is 0 Å². The molecule has 3 aromatic rings. The Hall–Kier alpha value is -3.26. The first-order chi connectivity index (χ1) is 30.9. The van der Waals surface area contributed by atoms with Crippen LogP contribution in [0.1, 0.15) is 87.3 Å². The molecule has 2 N–H and O–H groups in total. The number of methoxy groups -OCH3 is 2. The van der Waals surface area contributed by atoms with Crippen LogP contribution in [0.3, 0.4) is 0 Å². The number of aryl methyl sites for hydroxylation is 2. The molecule has 2 aliphatic rings. The molecule has 16 heteroatoms. The first kappa shape index (κ1) is 53.4. The van der Waals surface area contributed by atoms with Crippen molar-refractivity contribution in [3.05, 3.63) is 70.6 Å². The molecule has 0 unspecified atom stereocenters. The molecule has 64 heavy (non-hydrogen) atoms. The molecule has 2 aliphatic heterocycles. The van der Waals surface area contributed by atoms with Gasteiger partial charge in [-0.2, -0.15) is 0 Å². The van der Waals surface area contributed by atoms with Crippen LogP contribution in [0.25, 0.3) is 44.4 Å². The van der Waals surface area contributed by atoms with Gasteiger partial charge in [-0.1, -0.05) is 37.1 Å². The second kappa shape index (κ2) is 29.4. The molecule has 352 valence electrons. The summed E-state index contributed by atoms with van der Waals surface area (Å²) in [6, 6.07) is 7.78. The normalized spacial score (nSPS) is 12.5. The summed E-state index contributed by atoms with van der Waals surface area (Å²) in [5.41, 5.74) is 12.2. The molecule has 0 saturated heterocycles. The van der Waals surface area contributed by atoms with Gasteiger partial charge in [-0.25, -0.2) is 9.97 Å². The molecule has 0 radical (unpaired) electrons. The summed E-state index contributed by atoms with van der Waals surface area (Å²) in [7, 11) is 3.27. The number of fused-ring (bicyclic) bond motifs is 7. The van der Waals surface area contributed by atoms with Crippen LogP contribution < -0.4 is 14.5 Å². The van der Waals surface area contributed by atoms with Crippen molar-refractivity contribution < 1.29 is 88.0 Å². The van der Waals surface area contributed by atoms with E-state index in [1.165, 1.54) is 11.1 Å². The third kappa shape index (κ3) is 15.4. The molecule has 6 bridgehead atoms. The molecule has 0 amide bonds. The van der Waals surface area contributed by atoms with E-state index in [1.807, 2.05) is 26.0 Å². The number of aromatic nitrogens is 5. The molecule has 0 spiro atoms. The SMILES string of the molecule is CCc1c(CC)c2cc3nc(cnc4cc(OCCOCCOCCOC)c(OCCOCCOCCOC)cc4ncc4nc(cc1[n-]2)C(CCCO)=C4C)C(C)=C3CCCO.[Gd]. The summed E-state index contributed by atoms with van der Waals surface area (Å²) >= 11 is 0. The fourth-order valence-electron chi connectivity index (χ4n) is 7.33. The monoisotopic (exact) mass is 1030 g/mol. The maximum absolute atomic E-state index is 9.85. The Kier molecular flexibility index (Phi) is 24.5. The van der Waals surface area contributed by atoms with Crippen LogP contribution in [0, 0.1) is 39.9 Å². The van der Waals surface area contributed by atoms with E-state index in [0.717, 1.165) is 57.6 Å². The van der Waals surface area contributed by atoms with Crippen LogP contribution in [0.15, 0.2) is 36.7 Å². The van der Waals surface area contributed by atoms with Crippen molar-refractivity contribution in [2.24, 2.45) is 0 Å². The standard InChI is InChI=1S/C48H66N5O10.Gd/c1-7-35-36(8-2)40-28-42-38(12-10-14-55)34(4)46(53-42)32-50-44-30-48(63-26-24-61-22-20-59-18-16-57-6)47(62-25-23-60-21-19-58-17-15-56-5)29-43(44)49-31-45-33(3)37(11-9-13-54)41(52-45)27-39(35)51-40;/h27-32,54-55H,7-26H2,1-6H3;/q-1;. The smallest absolute Gasteiger partial charge is 0.163 e. The largest absolute Gasteiger partial charge is 0.657 e. The predicted octanol–water partition coefficient (Wildman–Crippen LogP) is 6.62. The van der Waals surface area contributed by atoms with Gasteiger partial charge in [0.2, 0.25) is 0 Å². The Morgan fingerprint density at radius 3 is 1.25 bits per heavy atom. The molecule has 0 saturated carbocycles. The van der Waals surface area contributed by atoms with E-state index in [0.29, 0.717) is 126 Å². The number of aliphatic hydroxyl groups excluding tert-OH is 2. The number of benzene rings is 1. The van der Waals surface area contributed by atoms with Crippen LogP contribution in [-0.4, -0.2) is 137 Å². The van der Waals surface area contributed by atoms with Gasteiger partial charge in [-0.3, -0.25) is 9.97 Å². The summed E-state index contributed by atoms with van der Waals surface area (Å²) in [4.78, 5) is 25.5. The Morgan fingerprint density at radius 1 is 0.516 bits per heavy atom. The Morgan fingerprint density at radius 2 is 0.891 bits per heavy atom. The number of hydrogen-bond donors (Lipinski definition) is 2. The van der Waals surface area contributed by atoms with Gasteiger partial charge in [0.05, 0.1) is 112 Å². The van der Waals surface area contributed by atoms with Crippen molar-refractivity contribution in [1.82, 2.24) is 24.9 Å². The van der Waals surface area contributed by atoms with Crippen molar-refractivity contribution in [3.8, 4) is 11.5 Å².